The van der Waals surface area contributed by atoms with E-state index in [1.807, 2.05) is 24.3 Å². The van der Waals surface area contributed by atoms with Crippen LogP contribution < -0.4 is 15.4 Å². The molecule has 0 aliphatic carbocycles. The van der Waals surface area contributed by atoms with E-state index in [1.54, 1.807) is 14.0 Å². The summed E-state index contributed by atoms with van der Waals surface area (Å²) in [5.74, 6) is 0.553. The Morgan fingerprint density at radius 3 is 2.80 bits per heavy atom. The third-order valence-electron chi connectivity index (χ3n) is 3.50. The molecule has 1 atom stereocenters. The number of ether oxygens (including phenoxy) is 1. The number of amides is 3. The summed E-state index contributed by atoms with van der Waals surface area (Å²) in [7, 11) is 1.62. The number of hydrogen-bond donors (Lipinski definition) is 2. The molecule has 0 spiro atoms. The maximum absolute atomic E-state index is 12.3. The average molecular weight is 379 g/mol. The van der Waals surface area contributed by atoms with Gasteiger partial charge in [-0.15, -0.1) is 10.2 Å². The first kappa shape index (κ1) is 17.5. The van der Waals surface area contributed by atoms with Gasteiger partial charge in [-0.1, -0.05) is 23.1 Å². The van der Waals surface area contributed by atoms with Crippen molar-refractivity contribution in [3.63, 3.8) is 0 Å². The van der Waals surface area contributed by atoms with Crippen LogP contribution in [-0.2, 0) is 4.79 Å². The predicted octanol–water partition coefficient (Wildman–Crippen LogP) is 2.32. The molecular formula is C15H17N5O3S2. The van der Waals surface area contributed by atoms with E-state index >= 15 is 0 Å². The molecule has 132 valence electrons. The molecule has 1 fully saturated rings. The Labute approximate surface area is 153 Å². The fourth-order valence-electron chi connectivity index (χ4n) is 2.21. The summed E-state index contributed by atoms with van der Waals surface area (Å²) in [5, 5.41) is 14.2. The number of carbonyl (C=O) groups is 2. The molecule has 8 nitrogen and oxygen atoms in total. The molecular weight excluding hydrogens is 362 g/mol. The number of carbonyl (C=O) groups excluding carboxylic acids is 2. The Morgan fingerprint density at radius 2 is 2.16 bits per heavy atom. The van der Waals surface area contributed by atoms with Gasteiger partial charge in [0, 0.05) is 18.8 Å². The normalized spacial score (nSPS) is 15.0. The maximum atomic E-state index is 12.3. The monoisotopic (exact) mass is 379 g/mol. The second kappa shape index (κ2) is 7.70. The highest BCUT2D eigenvalue weighted by atomic mass is 32.2. The molecule has 1 aromatic heterocycles. The first-order valence-corrected chi connectivity index (χ1v) is 9.27. The van der Waals surface area contributed by atoms with Gasteiger partial charge in [0.1, 0.15) is 5.75 Å². The predicted molar refractivity (Wildman–Crippen MR) is 96.6 cm³/mol. The van der Waals surface area contributed by atoms with E-state index in [0.29, 0.717) is 22.6 Å². The Kier molecular flexibility index (Phi) is 5.39. The molecule has 2 aromatic rings. The number of imide groups is 1. The van der Waals surface area contributed by atoms with Crippen molar-refractivity contribution in [2.45, 2.75) is 16.5 Å². The molecule has 0 radical (unpaired) electrons. The molecule has 2 N–H and O–H groups in total. The number of methoxy groups -OCH3 is 1. The average Bonchev–Trinajstić information content (AvgIpc) is 3.23. The SMILES string of the molecule is COc1ccc(Nc2nnc(SC(C)C(=O)N3CCNC3=O)s2)cc1. The van der Waals surface area contributed by atoms with Crippen molar-refractivity contribution in [2.24, 2.45) is 0 Å². The van der Waals surface area contributed by atoms with Crippen molar-refractivity contribution < 1.29 is 14.3 Å². The van der Waals surface area contributed by atoms with Crippen molar-refractivity contribution in [2.75, 3.05) is 25.5 Å². The van der Waals surface area contributed by atoms with Gasteiger partial charge in [-0.25, -0.2) is 4.79 Å². The number of thioether (sulfide) groups is 1. The van der Waals surface area contributed by atoms with E-state index in [2.05, 4.69) is 20.8 Å². The fourth-order valence-corrected chi connectivity index (χ4v) is 4.19. The van der Waals surface area contributed by atoms with E-state index in [9.17, 15) is 9.59 Å². The van der Waals surface area contributed by atoms with Gasteiger partial charge in [0.05, 0.1) is 12.4 Å². The summed E-state index contributed by atoms with van der Waals surface area (Å²) in [4.78, 5) is 25.1. The van der Waals surface area contributed by atoms with Gasteiger partial charge in [0.15, 0.2) is 4.34 Å². The Morgan fingerprint density at radius 1 is 1.40 bits per heavy atom. The van der Waals surface area contributed by atoms with E-state index in [4.69, 9.17) is 4.74 Å². The zero-order valence-electron chi connectivity index (χ0n) is 13.7. The number of urea groups is 1. The molecule has 1 unspecified atom stereocenters. The molecule has 1 aliphatic rings. The van der Waals surface area contributed by atoms with Gasteiger partial charge in [0.2, 0.25) is 11.0 Å². The molecule has 0 bridgehead atoms. The summed E-state index contributed by atoms with van der Waals surface area (Å²) >= 11 is 2.65. The highest BCUT2D eigenvalue weighted by molar-refractivity contribution is 8.02. The lowest BCUT2D eigenvalue weighted by molar-refractivity contribution is -0.126. The number of anilines is 2. The van der Waals surface area contributed by atoms with Gasteiger partial charge in [-0.05, 0) is 31.2 Å². The van der Waals surface area contributed by atoms with Crippen molar-refractivity contribution >= 4 is 45.9 Å². The van der Waals surface area contributed by atoms with Crippen LogP contribution in [0.15, 0.2) is 28.6 Å². The lowest BCUT2D eigenvalue weighted by Gasteiger charge is -2.16. The molecule has 0 saturated carbocycles. The molecule has 25 heavy (non-hydrogen) atoms. The zero-order valence-corrected chi connectivity index (χ0v) is 15.3. The summed E-state index contributed by atoms with van der Waals surface area (Å²) in [5.41, 5.74) is 0.867. The second-order valence-electron chi connectivity index (χ2n) is 5.21. The van der Waals surface area contributed by atoms with Gasteiger partial charge in [-0.3, -0.25) is 9.69 Å². The molecule has 2 heterocycles. The molecule has 10 heteroatoms. The van der Waals surface area contributed by atoms with Crippen molar-refractivity contribution in [3.05, 3.63) is 24.3 Å². The van der Waals surface area contributed by atoms with Crippen molar-refractivity contribution in [1.29, 1.82) is 0 Å². The van der Waals surface area contributed by atoms with Crippen LogP contribution in [0.2, 0.25) is 0 Å². The largest absolute Gasteiger partial charge is 0.497 e. The molecule has 1 saturated heterocycles. The van der Waals surface area contributed by atoms with E-state index < -0.39 is 5.25 Å². The second-order valence-corrected chi connectivity index (χ2v) is 7.77. The smallest absolute Gasteiger partial charge is 0.324 e. The molecule has 1 aromatic carbocycles. The third kappa shape index (κ3) is 4.20. The minimum atomic E-state index is -0.411. The van der Waals surface area contributed by atoms with E-state index in [1.165, 1.54) is 28.0 Å². The fraction of sp³-hybridized carbons (Fsp3) is 0.333. The van der Waals surface area contributed by atoms with Gasteiger partial charge in [-0.2, -0.15) is 0 Å². The maximum Gasteiger partial charge on any atom is 0.324 e. The van der Waals surface area contributed by atoms with E-state index in [-0.39, 0.29) is 11.9 Å². The number of rotatable bonds is 6. The van der Waals surface area contributed by atoms with Crippen LogP contribution in [0.25, 0.3) is 0 Å². The van der Waals surface area contributed by atoms with Crippen LogP contribution in [0.5, 0.6) is 5.75 Å². The first-order chi connectivity index (χ1) is 12.1. The van der Waals surface area contributed by atoms with E-state index in [0.717, 1.165) is 11.4 Å². The third-order valence-corrected chi connectivity index (χ3v) is 5.51. The highest BCUT2D eigenvalue weighted by Crippen LogP contribution is 2.31. The molecule has 3 amide bonds. The Balaban J connectivity index is 1.59. The van der Waals surface area contributed by atoms with Crippen LogP contribution in [0.3, 0.4) is 0 Å². The first-order valence-electron chi connectivity index (χ1n) is 7.57. The van der Waals surface area contributed by atoms with Crippen LogP contribution in [0.4, 0.5) is 15.6 Å². The van der Waals surface area contributed by atoms with Crippen LogP contribution in [0.1, 0.15) is 6.92 Å². The number of benzene rings is 1. The van der Waals surface area contributed by atoms with Gasteiger partial charge >= 0.3 is 6.03 Å². The van der Waals surface area contributed by atoms with Crippen molar-refractivity contribution in [1.82, 2.24) is 20.4 Å². The molecule has 3 rings (SSSR count). The van der Waals surface area contributed by atoms with Crippen molar-refractivity contribution in [3.8, 4) is 5.75 Å². The number of hydrogen-bond acceptors (Lipinski definition) is 8. The van der Waals surface area contributed by atoms with Crippen LogP contribution >= 0.6 is 23.1 Å². The minimum Gasteiger partial charge on any atom is -0.497 e. The number of nitrogens with zero attached hydrogens (tertiary/aromatic N) is 3. The molecule has 1 aliphatic heterocycles. The van der Waals surface area contributed by atoms with Gasteiger partial charge in [0.25, 0.3) is 0 Å². The standard InChI is InChI=1S/C15H17N5O3S2/c1-9(12(21)20-8-7-16-14(20)22)24-15-19-18-13(25-15)17-10-3-5-11(23-2)6-4-10/h3-6,9H,7-8H2,1-2H3,(H,16,22)(H,17,18). The minimum absolute atomic E-state index is 0.222. The lowest BCUT2D eigenvalue weighted by Crippen LogP contribution is -2.38. The number of aromatic nitrogens is 2. The van der Waals surface area contributed by atoms with Crippen LogP contribution in [0, 0.1) is 0 Å². The number of nitrogens with one attached hydrogen (secondary N) is 2. The summed E-state index contributed by atoms with van der Waals surface area (Å²) in [6, 6.07) is 7.12. The highest BCUT2D eigenvalue weighted by Gasteiger charge is 2.30. The lowest BCUT2D eigenvalue weighted by atomic mass is 10.3. The van der Waals surface area contributed by atoms with Gasteiger partial charge < -0.3 is 15.4 Å². The summed E-state index contributed by atoms with van der Waals surface area (Å²) < 4.78 is 5.78. The Bertz CT molecular complexity index is 765. The summed E-state index contributed by atoms with van der Waals surface area (Å²) in [6.07, 6.45) is 0. The zero-order chi connectivity index (χ0) is 17.8. The quantitative estimate of drug-likeness (QED) is 0.744. The Hall–Kier alpha value is -2.33. The summed E-state index contributed by atoms with van der Waals surface area (Å²) in [6.45, 7) is 2.66. The van der Waals surface area contributed by atoms with Crippen LogP contribution in [-0.4, -0.2) is 52.5 Å². The topological polar surface area (TPSA) is 96.4 Å².